The zero-order valence-corrected chi connectivity index (χ0v) is 12.2. The van der Waals surface area contributed by atoms with Gasteiger partial charge in [-0.2, -0.15) is 0 Å². The average molecular weight is 261 g/mol. The molecule has 100 valence electrons. The van der Waals surface area contributed by atoms with Crippen molar-refractivity contribution in [1.82, 2.24) is 4.57 Å². The Bertz CT molecular complexity index is 737. The lowest BCUT2D eigenvalue weighted by atomic mass is 10.0. The van der Waals surface area contributed by atoms with Crippen molar-refractivity contribution in [2.24, 2.45) is 7.05 Å². The summed E-state index contributed by atoms with van der Waals surface area (Å²) < 4.78 is 2.27. The minimum atomic E-state index is 1.28. The van der Waals surface area contributed by atoms with Gasteiger partial charge in [-0.3, -0.25) is 0 Å². The standard InChI is InChI=1S/C19H19N/c1-14(16-9-5-4-6-10-16)13-19-15(2)17-11-7-8-12-18(17)20(19)3/h4-13H,1-3H3/b14-13+. The summed E-state index contributed by atoms with van der Waals surface area (Å²) in [4.78, 5) is 0. The number of allylic oxidation sites excluding steroid dienone is 1. The third-order valence-electron chi connectivity index (χ3n) is 4.00. The topological polar surface area (TPSA) is 4.93 Å². The highest BCUT2D eigenvalue weighted by Gasteiger charge is 2.09. The average Bonchev–Trinajstić information content (AvgIpc) is 2.74. The zero-order chi connectivity index (χ0) is 14.1. The molecule has 0 unspecified atom stereocenters. The van der Waals surface area contributed by atoms with Gasteiger partial charge in [-0.25, -0.2) is 0 Å². The molecule has 0 N–H and O–H groups in total. The largest absolute Gasteiger partial charge is 0.344 e. The van der Waals surface area contributed by atoms with Crippen molar-refractivity contribution in [2.45, 2.75) is 13.8 Å². The SMILES string of the molecule is C/C(=C\c1c(C)c2ccccc2n1C)c1ccccc1. The second-order valence-corrected chi connectivity index (χ2v) is 5.28. The molecule has 3 aromatic rings. The van der Waals surface area contributed by atoms with Crippen molar-refractivity contribution in [1.29, 1.82) is 0 Å². The summed E-state index contributed by atoms with van der Waals surface area (Å²) in [5, 5.41) is 1.34. The predicted octanol–water partition coefficient (Wildman–Crippen LogP) is 5.05. The summed E-state index contributed by atoms with van der Waals surface area (Å²) in [5.74, 6) is 0. The maximum Gasteiger partial charge on any atom is 0.0485 e. The fourth-order valence-electron chi connectivity index (χ4n) is 2.80. The van der Waals surface area contributed by atoms with Crippen LogP contribution in [0.25, 0.3) is 22.6 Å². The maximum absolute atomic E-state index is 2.28. The van der Waals surface area contributed by atoms with Gasteiger partial charge < -0.3 is 4.57 Å². The first kappa shape index (κ1) is 12.7. The van der Waals surface area contributed by atoms with E-state index in [4.69, 9.17) is 0 Å². The van der Waals surface area contributed by atoms with Crippen LogP contribution in [-0.4, -0.2) is 4.57 Å². The van der Waals surface area contributed by atoms with Crippen molar-refractivity contribution < 1.29 is 0 Å². The lowest BCUT2D eigenvalue weighted by Gasteiger charge is -2.04. The third kappa shape index (κ3) is 2.05. The summed E-state index contributed by atoms with van der Waals surface area (Å²) in [6.07, 6.45) is 2.28. The molecule has 20 heavy (non-hydrogen) atoms. The van der Waals surface area contributed by atoms with E-state index >= 15 is 0 Å². The van der Waals surface area contributed by atoms with Crippen LogP contribution < -0.4 is 0 Å². The molecular weight excluding hydrogens is 242 g/mol. The van der Waals surface area contributed by atoms with E-state index in [1.807, 2.05) is 0 Å². The van der Waals surface area contributed by atoms with Crippen molar-refractivity contribution in [3.63, 3.8) is 0 Å². The Morgan fingerprint density at radius 2 is 1.60 bits per heavy atom. The van der Waals surface area contributed by atoms with E-state index in [1.165, 1.54) is 33.3 Å². The molecule has 0 aliphatic heterocycles. The third-order valence-corrected chi connectivity index (χ3v) is 4.00. The number of hydrogen-bond acceptors (Lipinski definition) is 0. The normalized spacial score (nSPS) is 12.1. The first-order valence-corrected chi connectivity index (χ1v) is 6.96. The Morgan fingerprint density at radius 1 is 0.950 bits per heavy atom. The number of benzene rings is 2. The molecule has 0 bridgehead atoms. The van der Waals surface area contributed by atoms with Gasteiger partial charge in [0.1, 0.15) is 0 Å². The van der Waals surface area contributed by atoms with Gasteiger partial charge in [-0.05, 0) is 42.7 Å². The van der Waals surface area contributed by atoms with Crippen molar-refractivity contribution in [2.75, 3.05) is 0 Å². The van der Waals surface area contributed by atoms with E-state index in [9.17, 15) is 0 Å². The lowest BCUT2D eigenvalue weighted by molar-refractivity contribution is 0.949. The van der Waals surface area contributed by atoms with Gasteiger partial charge >= 0.3 is 0 Å². The van der Waals surface area contributed by atoms with Crippen molar-refractivity contribution >= 4 is 22.6 Å². The monoisotopic (exact) mass is 261 g/mol. The minimum absolute atomic E-state index is 1.28. The van der Waals surface area contributed by atoms with Gasteiger partial charge in [0.2, 0.25) is 0 Å². The van der Waals surface area contributed by atoms with Gasteiger partial charge in [0.15, 0.2) is 0 Å². The number of para-hydroxylation sites is 1. The number of rotatable bonds is 2. The first-order chi connectivity index (χ1) is 9.68. The molecule has 1 heterocycles. The second kappa shape index (κ2) is 5.01. The highest BCUT2D eigenvalue weighted by atomic mass is 14.9. The van der Waals surface area contributed by atoms with Crippen LogP contribution >= 0.6 is 0 Å². The molecule has 0 spiro atoms. The molecular formula is C19H19N. The number of hydrogen-bond donors (Lipinski definition) is 0. The number of aryl methyl sites for hydroxylation is 2. The van der Waals surface area contributed by atoms with Crippen molar-refractivity contribution in [3.8, 4) is 0 Å². The van der Waals surface area contributed by atoms with Crippen molar-refractivity contribution in [3.05, 3.63) is 71.4 Å². The Kier molecular flexibility index (Phi) is 3.19. The van der Waals surface area contributed by atoms with Crippen LogP contribution in [0.15, 0.2) is 54.6 Å². The van der Waals surface area contributed by atoms with Crippen LogP contribution in [0.3, 0.4) is 0 Å². The van der Waals surface area contributed by atoms with Gasteiger partial charge in [-0.15, -0.1) is 0 Å². The smallest absolute Gasteiger partial charge is 0.0485 e. The molecule has 1 nitrogen and oxygen atoms in total. The molecule has 0 fully saturated rings. The summed E-state index contributed by atoms with van der Waals surface area (Å²) >= 11 is 0. The van der Waals surface area contributed by atoms with E-state index in [2.05, 4.69) is 86.1 Å². The van der Waals surface area contributed by atoms with Crippen LogP contribution in [0.4, 0.5) is 0 Å². The van der Waals surface area contributed by atoms with E-state index in [1.54, 1.807) is 0 Å². The first-order valence-electron chi connectivity index (χ1n) is 6.96. The molecule has 2 aromatic carbocycles. The van der Waals surface area contributed by atoms with E-state index < -0.39 is 0 Å². The highest BCUT2D eigenvalue weighted by Crippen LogP contribution is 2.27. The Balaban J connectivity index is 2.16. The summed E-state index contributed by atoms with van der Waals surface area (Å²) in [6, 6.07) is 19.1. The summed E-state index contributed by atoms with van der Waals surface area (Å²) in [5.41, 5.74) is 6.49. The second-order valence-electron chi connectivity index (χ2n) is 5.28. The van der Waals surface area contributed by atoms with Crippen LogP contribution in [-0.2, 0) is 7.05 Å². The quantitative estimate of drug-likeness (QED) is 0.608. The highest BCUT2D eigenvalue weighted by molar-refractivity contribution is 5.91. The van der Waals surface area contributed by atoms with E-state index in [0.29, 0.717) is 0 Å². The number of fused-ring (bicyclic) bond motifs is 1. The van der Waals surface area contributed by atoms with Gasteiger partial charge in [-0.1, -0.05) is 48.5 Å². The molecule has 0 saturated heterocycles. The fourth-order valence-corrected chi connectivity index (χ4v) is 2.80. The molecule has 0 atom stereocenters. The number of nitrogens with zero attached hydrogens (tertiary/aromatic N) is 1. The van der Waals surface area contributed by atoms with Gasteiger partial charge in [0, 0.05) is 23.6 Å². The Labute approximate surface area is 120 Å². The minimum Gasteiger partial charge on any atom is -0.344 e. The van der Waals surface area contributed by atoms with Gasteiger partial charge in [0.05, 0.1) is 0 Å². The molecule has 1 heteroatoms. The molecule has 0 aliphatic carbocycles. The molecule has 0 aliphatic rings. The van der Waals surface area contributed by atoms with Crippen LogP contribution in [0.5, 0.6) is 0 Å². The van der Waals surface area contributed by atoms with Crippen LogP contribution in [0, 0.1) is 6.92 Å². The summed E-state index contributed by atoms with van der Waals surface area (Å²) in [6.45, 7) is 4.37. The van der Waals surface area contributed by atoms with Crippen LogP contribution in [0.2, 0.25) is 0 Å². The zero-order valence-electron chi connectivity index (χ0n) is 12.2. The molecule has 1 aromatic heterocycles. The Hall–Kier alpha value is -2.28. The maximum atomic E-state index is 2.28. The van der Waals surface area contributed by atoms with Gasteiger partial charge in [0.25, 0.3) is 0 Å². The van der Waals surface area contributed by atoms with E-state index in [0.717, 1.165) is 0 Å². The molecule has 0 radical (unpaired) electrons. The molecule has 0 saturated carbocycles. The number of aromatic nitrogens is 1. The lowest BCUT2D eigenvalue weighted by Crippen LogP contribution is -1.92. The molecule has 0 amide bonds. The predicted molar refractivity (Wildman–Crippen MR) is 87.6 cm³/mol. The molecule has 3 rings (SSSR count). The summed E-state index contributed by atoms with van der Waals surface area (Å²) in [7, 11) is 2.14. The fraction of sp³-hybridized carbons (Fsp3) is 0.158. The Morgan fingerprint density at radius 3 is 2.30 bits per heavy atom. The van der Waals surface area contributed by atoms with Crippen LogP contribution in [0.1, 0.15) is 23.7 Å². The van der Waals surface area contributed by atoms with E-state index in [-0.39, 0.29) is 0 Å².